The molecule has 1 aliphatic carbocycles. The SMILES string of the molecule is CCC1(CC)CC(=O)c2cc(C3=CC(c4ccc(C(C)=O)cc4)=CC3)ccc2O1. The first-order valence-electron chi connectivity index (χ1n) is 10.3. The highest BCUT2D eigenvalue weighted by molar-refractivity contribution is 6.02. The Kier molecular flexibility index (Phi) is 4.99. The van der Waals surface area contributed by atoms with Crippen molar-refractivity contribution in [2.75, 3.05) is 0 Å². The second-order valence-electron chi connectivity index (χ2n) is 7.97. The number of hydrogen-bond donors (Lipinski definition) is 0. The van der Waals surface area contributed by atoms with Crippen LogP contribution in [0.15, 0.2) is 54.6 Å². The topological polar surface area (TPSA) is 43.4 Å². The van der Waals surface area contributed by atoms with Gasteiger partial charge in [-0.3, -0.25) is 9.59 Å². The van der Waals surface area contributed by atoms with Crippen LogP contribution in [0.1, 0.15) is 78.3 Å². The second kappa shape index (κ2) is 7.47. The van der Waals surface area contributed by atoms with Gasteiger partial charge in [-0.15, -0.1) is 0 Å². The van der Waals surface area contributed by atoms with Crippen molar-refractivity contribution in [3.8, 4) is 5.75 Å². The molecule has 0 fully saturated rings. The van der Waals surface area contributed by atoms with Gasteiger partial charge >= 0.3 is 0 Å². The third-order valence-corrected chi connectivity index (χ3v) is 6.25. The molecule has 0 atom stereocenters. The number of carbonyl (C=O) groups is 2. The lowest BCUT2D eigenvalue weighted by Crippen LogP contribution is -2.40. The molecule has 0 radical (unpaired) electrons. The van der Waals surface area contributed by atoms with Gasteiger partial charge < -0.3 is 4.74 Å². The number of ketones is 2. The Morgan fingerprint density at radius 3 is 2.38 bits per heavy atom. The van der Waals surface area contributed by atoms with Crippen molar-refractivity contribution in [2.24, 2.45) is 0 Å². The van der Waals surface area contributed by atoms with Gasteiger partial charge in [0.1, 0.15) is 11.4 Å². The minimum Gasteiger partial charge on any atom is -0.486 e. The zero-order valence-corrected chi connectivity index (χ0v) is 17.2. The second-order valence-corrected chi connectivity index (χ2v) is 7.97. The van der Waals surface area contributed by atoms with Gasteiger partial charge in [0.2, 0.25) is 0 Å². The molecule has 0 unspecified atom stereocenters. The molecule has 0 bridgehead atoms. The fourth-order valence-electron chi connectivity index (χ4n) is 4.16. The zero-order valence-electron chi connectivity index (χ0n) is 17.2. The van der Waals surface area contributed by atoms with E-state index < -0.39 is 0 Å². The molecule has 3 nitrogen and oxygen atoms in total. The summed E-state index contributed by atoms with van der Waals surface area (Å²) in [5.74, 6) is 0.952. The zero-order chi connectivity index (χ0) is 20.6. The van der Waals surface area contributed by atoms with E-state index in [4.69, 9.17) is 4.74 Å². The molecule has 2 aromatic carbocycles. The van der Waals surface area contributed by atoms with E-state index in [1.165, 1.54) is 5.57 Å². The lowest BCUT2D eigenvalue weighted by Gasteiger charge is -2.36. The summed E-state index contributed by atoms with van der Waals surface area (Å²) in [4.78, 5) is 24.3. The first kappa shape index (κ1) is 19.4. The minimum atomic E-state index is -0.362. The molecule has 0 aromatic heterocycles. The number of hydrogen-bond acceptors (Lipinski definition) is 3. The van der Waals surface area contributed by atoms with Crippen molar-refractivity contribution < 1.29 is 14.3 Å². The molecule has 29 heavy (non-hydrogen) atoms. The Labute approximate surface area is 172 Å². The van der Waals surface area contributed by atoms with Crippen molar-refractivity contribution in [3.63, 3.8) is 0 Å². The highest BCUT2D eigenvalue weighted by atomic mass is 16.5. The van der Waals surface area contributed by atoms with Crippen LogP contribution < -0.4 is 4.74 Å². The van der Waals surface area contributed by atoms with Gasteiger partial charge in [-0.1, -0.05) is 56.3 Å². The maximum absolute atomic E-state index is 12.8. The van der Waals surface area contributed by atoms with E-state index in [1.807, 2.05) is 36.4 Å². The standard InChI is InChI=1S/C26H26O3/c1-4-26(5-2)16-24(28)23-15-22(12-13-25(23)29-26)21-11-10-20(14-21)19-8-6-18(7-9-19)17(3)27/h6-10,12-15H,4-5,11,16H2,1-3H3. The summed E-state index contributed by atoms with van der Waals surface area (Å²) in [6.45, 7) is 5.74. The Bertz CT molecular complexity index is 1030. The lowest BCUT2D eigenvalue weighted by molar-refractivity contribution is 0.0349. The van der Waals surface area contributed by atoms with Crippen LogP contribution in [0.3, 0.4) is 0 Å². The first-order valence-corrected chi connectivity index (χ1v) is 10.3. The summed E-state index contributed by atoms with van der Waals surface area (Å²) < 4.78 is 6.25. The Morgan fingerprint density at radius 2 is 1.72 bits per heavy atom. The van der Waals surface area contributed by atoms with Crippen LogP contribution in [0.4, 0.5) is 0 Å². The van der Waals surface area contributed by atoms with Gasteiger partial charge in [0.25, 0.3) is 0 Å². The average Bonchev–Trinajstić information content (AvgIpc) is 3.23. The Hall–Kier alpha value is -2.94. The van der Waals surface area contributed by atoms with E-state index in [1.54, 1.807) is 6.92 Å². The van der Waals surface area contributed by atoms with Crippen LogP contribution in [-0.2, 0) is 0 Å². The molecule has 0 amide bonds. The van der Waals surface area contributed by atoms with Crippen molar-refractivity contribution >= 4 is 22.7 Å². The van der Waals surface area contributed by atoms with Crippen LogP contribution in [0.25, 0.3) is 11.1 Å². The molecular weight excluding hydrogens is 360 g/mol. The van der Waals surface area contributed by atoms with E-state index in [-0.39, 0.29) is 17.2 Å². The van der Waals surface area contributed by atoms with Crippen molar-refractivity contribution in [1.82, 2.24) is 0 Å². The molecule has 1 aliphatic heterocycles. The highest BCUT2D eigenvalue weighted by Gasteiger charge is 2.37. The summed E-state index contributed by atoms with van der Waals surface area (Å²) in [5.41, 5.74) is 5.55. The molecule has 0 saturated carbocycles. The first-order chi connectivity index (χ1) is 13.9. The van der Waals surface area contributed by atoms with Gasteiger partial charge in [-0.25, -0.2) is 0 Å². The molecule has 2 aliphatic rings. The van der Waals surface area contributed by atoms with E-state index in [9.17, 15) is 9.59 Å². The highest BCUT2D eigenvalue weighted by Crippen LogP contribution is 2.40. The quantitative estimate of drug-likeness (QED) is 0.568. The predicted octanol–water partition coefficient (Wildman–Crippen LogP) is 6.28. The number of carbonyl (C=O) groups excluding carboxylic acids is 2. The molecule has 0 N–H and O–H groups in total. The number of fused-ring (bicyclic) bond motifs is 1. The van der Waals surface area contributed by atoms with Crippen molar-refractivity contribution in [3.05, 3.63) is 76.9 Å². The van der Waals surface area contributed by atoms with E-state index >= 15 is 0 Å². The van der Waals surface area contributed by atoms with Crippen LogP contribution >= 0.6 is 0 Å². The summed E-state index contributed by atoms with van der Waals surface area (Å²) in [7, 11) is 0. The molecule has 148 valence electrons. The third-order valence-electron chi connectivity index (χ3n) is 6.25. The third kappa shape index (κ3) is 3.57. The summed E-state index contributed by atoms with van der Waals surface area (Å²) >= 11 is 0. The summed E-state index contributed by atoms with van der Waals surface area (Å²) in [6, 6.07) is 13.7. The van der Waals surface area contributed by atoms with E-state index in [0.717, 1.165) is 41.5 Å². The van der Waals surface area contributed by atoms with Gasteiger partial charge in [-0.05, 0) is 60.6 Å². The molecule has 0 saturated heterocycles. The van der Waals surface area contributed by atoms with E-state index in [0.29, 0.717) is 17.7 Å². The fraction of sp³-hybridized carbons (Fsp3) is 0.308. The van der Waals surface area contributed by atoms with Crippen LogP contribution in [0.2, 0.25) is 0 Å². The van der Waals surface area contributed by atoms with Crippen molar-refractivity contribution in [2.45, 2.75) is 52.1 Å². The van der Waals surface area contributed by atoms with Crippen LogP contribution in [0.5, 0.6) is 5.75 Å². The predicted molar refractivity (Wildman–Crippen MR) is 116 cm³/mol. The van der Waals surface area contributed by atoms with Crippen LogP contribution in [-0.4, -0.2) is 17.2 Å². The summed E-state index contributed by atoms with van der Waals surface area (Å²) in [6.07, 6.45) is 7.29. The average molecular weight is 386 g/mol. The van der Waals surface area contributed by atoms with Crippen molar-refractivity contribution in [1.29, 1.82) is 0 Å². The number of Topliss-reactive ketones (excluding diaryl/α,β-unsaturated/α-hetero) is 2. The van der Waals surface area contributed by atoms with Gasteiger partial charge in [0.05, 0.1) is 12.0 Å². The Morgan fingerprint density at radius 1 is 1.03 bits per heavy atom. The van der Waals surface area contributed by atoms with Gasteiger partial charge in [0.15, 0.2) is 11.6 Å². The minimum absolute atomic E-state index is 0.0734. The number of benzene rings is 2. The smallest absolute Gasteiger partial charge is 0.170 e. The maximum atomic E-state index is 12.8. The molecule has 3 heteroatoms. The fourth-order valence-corrected chi connectivity index (χ4v) is 4.16. The molecule has 4 rings (SSSR count). The Balaban J connectivity index is 1.59. The molecule has 1 heterocycles. The van der Waals surface area contributed by atoms with Gasteiger partial charge in [0, 0.05) is 5.56 Å². The largest absolute Gasteiger partial charge is 0.486 e. The number of rotatable bonds is 5. The molecular formula is C26H26O3. The summed E-state index contributed by atoms with van der Waals surface area (Å²) in [5, 5.41) is 0. The lowest BCUT2D eigenvalue weighted by atomic mass is 9.85. The number of ether oxygens (including phenoxy) is 1. The molecule has 2 aromatic rings. The van der Waals surface area contributed by atoms with Crippen LogP contribution in [0, 0.1) is 0 Å². The number of allylic oxidation sites excluding steroid dienone is 4. The monoisotopic (exact) mass is 386 g/mol. The normalized spacial score (nSPS) is 17.3. The van der Waals surface area contributed by atoms with E-state index in [2.05, 4.69) is 32.1 Å². The maximum Gasteiger partial charge on any atom is 0.170 e. The van der Waals surface area contributed by atoms with Gasteiger partial charge in [-0.2, -0.15) is 0 Å². The molecule has 0 spiro atoms.